The molecule has 0 atom stereocenters. The zero-order valence-corrected chi connectivity index (χ0v) is 11.3. The number of nitriles is 1. The first kappa shape index (κ1) is 13.7. The van der Waals surface area contributed by atoms with Gasteiger partial charge in [-0.1, -0.05) is 0 Å². The largest absolute Gasteiger partial charge is 0.325 e. The van der Waals surface area contributed by atoms with Gasteiger partial charge in [-0.05, 0) is 39.1 Å². The van der Waals surface area contributed by atoms with Crippen molar-refractivity contribution in [3.05, 3.63) is 17.0 Å². The number of hydrogen-bond donors (Lipinski definition) is 2. The molecule has 0 aliphatic heterocycles. The normalized spacial score (nSPS) is 12.0. The molecule has 4 nitrogen and oxygen atoms in total. The summed E-state index contributed by atoms with van der Waals surface area (Å²) in [7, 11) is 0. The molecule has 0 unspecified atom stereocenters. The lowest BCUT2D eigenvalue weighted by molar-refractivity contribution is -0.126. The summed E-state index contributed by atoms with van der Waals surface area (Å²) in [6.07, 6.45) is 0. The molecule has 0 spiro atoms. The van der Waals surface area contributed by atoms with Gasteiger partial charge in [-0.15, -0.1) is 11.3 Å². The standard InChI is InChI=1S/C12H17N3OS/c1-11(2,12(3,4)14)10(16)15-9-8(7-13)5-6-17-9/h5-6H,14H2,1-4H3,(H,15,16). The van der Waals surface area contributed by atoms with Crippen molar-refractivity contribution >= 4 is 22.2 Å². The smallest absolute Gasteiger partial charge is 0.232 e. The average Bonchev–Trinajstić information content (AvgIpc) is 2.63. The molecule has 92 valence electrons. The van der Waals surface area contributed by atoms with Crippen LogP contribution in [0.1, 0.15) is 33.3 Å². The summed E-state index contributed by atoms with van der Waals surface area (Å²) in [6.45, 7) is 7.21. The Bertz CT molecular complexity index is 463. The molecule has 0 aliphatic carbocycles. The van der Waals surface area contributed by atoms with Gasteiger partial charge in [0, 0.05) is 5.54 Å². The van der Waals surface area contributed by atoms with E-state index in [-0.39, 0.29) is 5.91 Å². The van der Waals surface area contributed by atoms with Gasteiger partial charge >= 0.3 is 0 Å². The zero-order chi connectivity index (χ0) is 13.3. The third-order valence-corrected chi connectivity index (χ3v) is 4.02. The summed E-state index contributed by atoms with van der Waals surface area (Å²) in [5, 5.41) is 14.0. The molecule has 17 heavy (non-hydrogen) atoms. The Labute approximate surface area is 105 Å². The number of carbonyl (C=O) groups excluding carboxylic acids is 1. The SMILES string of the molecule is CC(C)(N)C(C)(C)C(=O)Nc1sccc1C#N. The van der Waals surface area contributed by atoms with Crippen molar-refractivity contribution in [1.29, 1.82) is 5.26 Å². The molecule has 1 heterocycles. The van der Waals surface area contributed by atoms with Crippen molar-refractivity contribution in [2.45, 2.75) is 33.2 Å². The van der Waals surface area contributed by atoms with Gasteiger partial charge in [0.1, 0.15) is 11.1 Å². The lowest BCUT2D eigenvalue weighted by atomic mass is 9.74. The van der Waals surface area contributed by atoms with Gasteiger partial charge in [0.15, 0.2) is 0 Å². The van der Waals surface area contributed by atoms with E-state index in [9.17, 15) is 4.79 Å². The molecule has 0 aromatic carbocycles. The number of amides is 1. The first-order chi connectivity index (χ1) is 7.70. The van der Waals surface area contributed by atoms with E-state index < -0.39 is 11.0 Å². The topological polar surface area (TPSA) is 78.9 Å². The Morgan fingerprint density at radius 3 is 2.53 bits per heavy atom. The van der Waals surface area contributed by atoms with Gasteiger partial charge < -0.3 is 11.1 Å². The van der Waals surface area contributed by atoms with Gasteiger partial charge in [0.25, 0.3) is 0 Å². The number of nitrogens with two attached hydrogens (primary N) is 1. The van der Waals surface area contributed by atoms with Gasteiger partial charge in [0.05, 0.1) is 11.0 Å². The molecular formula is C12H17N3OS. The van der Waals surface area contributed by atoms with E-state index in [0.717, 1.165) is 0 Å². The number of nitrogens with one attached hydrogen (secondary N) is 1. The highest BCUT2D eigenvalue weighted by atomic mass is 32.1. The molecule has 1 aromatic heterocycles. The molecule has 0 fully saturated rings. The minimum Gasteiger partial charge on any atom is -0.325 e. The van der Waals surface area contributed by atoms with Crippen LogP contribution in [0, 0.1) is 16.7 Å². The molecule has 0 saturated carbocycles. The van der Waals surface area contributed by atoms with Gasteiger partial charge in [-0.3, -0.25) is 4.79 Å². The maximum atomic E-state index is 12.2. The highest BCUT2D eigenvalue weighted by Crippen LogP contribution is 2.31. The van der Waals surface area contributed by atoms with Crippen molar-refractivity contribution in [1.82, 2.24) is 0 Å². The maximum Gasteiger partial charge on any atom is 0.232 e. The Morgan fingerprint density at radius 1 is 1.47 bits per heavy atom. The maximum absolute atomic E-state index is 12.2. The van der Waals surface area contributed by atoms with Gasteiger partial charge in [0.2, 0.25) is 5.91 Å². The van der Waals surface area contributed by atoms with E-state index in [1.54, 1.807) is 25.3 Å². The number of thiophene rings is 1. The Morgan fingerprint density at radius 2 is 2.06 bits per heavy atom. The molecule has 3 N–H and O–H groups in total. The van der Waals surface area contributed by atoms with E-state index in [4.69, 9.17) is 11.0 Å². The van der Waals surface area contributed by atoms with Crippen LogP contribution >= 0.6 is 11.3 Å². The molecule has 1 rings (SSSR count). The second-order valence-corrected chi connectivity index (χ2v) is 5.99. The number of nitrogens with zero attached hydrogens (tertiary/aromatic N) is 1. The van der Waals surface area contributed by atoms with Crippen LogP contribution in [-0.4, -0.2) is 11.4 Å². The molecule has 0 aliphatic rings. The molecule has 1 amide bonds. The summed E-state index contributed by atoms with van der Waals surface area (Å²) < 4.78 is 0. The van der Waals surface area contributed by atoms with Gasteiger partial charge in [-0.2, -0.15) is 5.26 Å². The minimum atomic E-state index is -0.719. The molecule has 0 saturated heterocycles. The summed E-state index contributed by atoms with van der Waals surface area (Å²) in [5.41, 5.74) is 5.12. The molecule has 0 radical (unpaired) electrons. The van der Waals surface area contributed by atoms with Crippen molar-refractivity contribution in [2.75, 3.05) is 5.32 Å². The monoisotopic (exact) mass is 251 g/mol. The number of anilines is 1. The number of rotatable bonds is 3. The lowest BCUT2D eigenvalue weighted by Gasteiger charge is -2.36. The summed E-state index contributed by atoms with van der Waals surface area (Å²) in [5.74, 6) is -0.177. The summed E-state index contributed by atoms with van der Waals surface area (Å²) >= 11 is 1.33. The first-order valence-corrected chi connectivity index (χ1v) is 6.16. The van der Waals surface area contributed by atoms with Crippen molar-refractivity contribution in [2.24, 2.45) is 11.1 Å². The fourth-order valence-electron chi connectivity index (χ4n) is 1.05. The van der Waals surface area contributed by atoms with E-state index >= 15 is 0 Å². The molecular weight excluding hydrogens is 234 g/mol. The average molecular weight is 251 g/mol. The predicted octanol–water partition coefficient (Wildman–Crippen LogP) is 2.32. The van der Waals surface area contributed by atoms with Crippen LogP contribution in [0.3, 0.4) is 0 Å². The van der Waals surface area contributed by atoms with Crippen LogP contribution in [0.4, 0.5) is 5.00 Å². The van der Waals surface area contributed by atoms with E-state index in [1.165, 1.54) is 11.3 Å². The van der Waals surface area contributed by atoms with E-state index in [1.807, 2.05) is 19.9 Å². The summed E-state index contributed by atoms with van der Waals surface area (Å²) in [4.78, 5) is 12.2. The third kappa shape index (κ3) is 2.65. The van der Waals surface area contributed by atoms with Crippen LogP contribution in [0.5, 0.6) is 0 Å². The second kappa shape index (κ2) is 4.47. The van der Waals surface area contributed by atoms with Crippen molar-refractivity contribution in [3.8, 4) is 6.07 Å². The first-order valence-electron chi connectivity index (χ1n) is 5.28. The Hall–Kier alpha value is -1.38. The van der Waals surface area contributed by atoms with E-state index in [0.29, 0.717) is 10.6 Å². The number of carbonyl (C=O) groups is 1. The Balaban J connectivity index is 2.92. The highest BCUT2D eigenvalue weighted by molar-refractivity contribution is 7.14. The van der Waals surface area contributed by atoms with Crippen LogP contribution < -0.4 is 11.1 Å². The third-order valence-electron chi connectivity index (χ3n) is 3.19. The molecule has 0 bridgehead atoms. The predicted molar refractivity (Wildman–Crippen MR) is 69.7 cm³/mol. The Kier molecular flexibility index (Phi) is 3.60. The number of hydrogen-bond acceptors (Lipinski definition) is 4. The summed E-state index contributed by atoms with van der Waals surface area (Å²) in [6, 6.07) is 3.72. The van der Waals surface area contributed by atoms with Crippen molar-refractivity contribution in [3.63, 3.8) is 0 Å². The van der Waals surface area contributed by atoms with Crippen LogP contribution in [0.25, 0.3) is 0 Å². The lowest BCUT2D eigenvalue weighted by Crippen LogP contribution is -2.53. The van der Waals surface area contributed by atoms with Crippen LogP contribution in [0.15, 0.2) is 11.4 Å². The quantitative estimate of drug-likeness (QED) is 0.865. The zero-order valence-electron chi connectivity index (χ0n) is 10.5. The molecule has 5 heteroatoms. The van der Waals surface area contributed by atoms with Gasteiger partial charge in [-0.25, -0.2) is 0 Å². The van der Waals surface area contributed by atoms with Crippen LogP contribution in [-0.2, 0) is 4.79 Å². The fourth-order valence-corrected chi connectivity index (χ4v) is 1.78. The minimum absolute atomic E-state index is 0.177. The highest BCUT2D eigenvalue weighted by Gasteiger charge is 2.40. The van der Waals surface area contributed by atoms with Crippen molar-refractivity contribution < 1.29 is 4.79 Å². The molecule has 1 aromatic rings. The van der Waals surface area contributed by atoms with Crippen LogP contribution in [0.2, 0.25) is 0 Å². The fraction of sp³-hybridized carbons (Fsp3) is 0.500. The second-order valence-electron chi connectivity index (χ2n) is 5.08. The van der Waals surface area contributed by atoms with E-state index in [2.05, 4.69) is 5.32 Å².